The Bertz CT molecular complexity index is 226. The monoisotopic (exact) mass is 205 g/mol. The third-order valence-corrected chi connectivity index (χ3v) is 3.23. The van der Waals surface area contributed by atoms with Gasteiger partial charge in [0.15, 0.2) is 0 Å². The van der Waals surface area contributed by atoms with Gasteiger partial charge in [-0.05, 0) is 0 Å². The Balaban J connectivity index is 2.21. The van der Waals surface area contributed by atoms with Crippen molar-refractivity contribution in [1.82, 2.24) is 4.90 Å². The first-order chi connectivity index (χ1) is 6.57. The van der Waals surface area contributed by atoms with Crippen LogP contribution in [-0.2, 0) is 0 Å². The summed E-state index contributed by atoms with van der Waals surface area (Å²) in [5.74, 6) is 0. The van der Waals surface area contributed by atoms with Crippen molar-refractivity contribution in [3.8, 4) is 0 Å². The molecule has 0 bridgehead atoms. The van der Waals surface area contributed by atoms with Gasteiger partial charge in [0.25, 0.3) is 0 Å². The molecule has 0 aromatic rings. The van der Waals surface area contributed by atoms with Crippen molar-refractivity contribution in [2.45, 2.75) is 36.5 Å². The number of nitrogens with zero attached hydrogens (tertiary/aromatic N) is 1. The van der Waals surface area contributed by atoms with Gasteiger partial charge in [-0.3, -0.25) is 4.90 Å². The van der Waals surface area contributed by atoms with Gasteiger partial charge >= 0.3 is 0 Å². The Morgan fingerprint density at radius 1 is 1.00 bits per heavy atom. The SMILES string of the molecule is OC[C@@H]1[C@@H](O)[C@@H](O)[C@H]2[C@@H](O)[C@@H](O)CN21. The van der Waals surface area contributed by atoms with Crippen LogP contribution in [0.1, 0.15) is 0 Å². The van der Waals surface area contributed by atoms with E-state index in [1.54, 1.807) is 4.90 Å². The standard InChI is InChI=1S/C8H15NO5/c10-2-3-6(12)8(14)5-7(13)4(11)1-9(3)5/h3-8,10-14H,1-2H2/t3-,4+,5-,6-,7+,8+/m1/s1. The molecule has 2 rings (SSSR count). The van der Waals surface area contributed by atoms with Crippen LogP contribution in [0.3, 0.4) is 0 Å². The Hall–Kier alpha value is -0.240. The Morgan fingerprint density at radius 3 is 2.21 bits per heavy atom. The second-order valence-electron chi connectivity index (χ2n) is 3.98. The first-order valence-electron chi connectivity index (χ1n) is 4.66. The molecule has 6 atom stereocenters. The zero-order valence-electron chi connectivity index (χ0n) is 7.56. The van der Waals surface area contributed by atoms with Gasteiger partial charge in [-0.15, -0.1) is 0 Å². The maximum absolute atomic E-state index is 9.58. The smallest absolute Gasteiger partial charge is 0.0996 e. The molecule has 5 N–H and O–H groups in total. The first-order valence-corrected chi connectivity index (χ1v) is 4.66. The lowest BCUT2D eigenvalue weighted by Crippen LogP contribution is -2.41. The largest absolute Gasteiger partial charge is 0.395 e. The maximum Gasteiger partial charge on any atom is 0.0996 e. The van der Waals surface area contributed by atoms with Gasteiger partial charge < -0.3 is 25.5 Å². The number of aliphatic hydroxyl groups excluding tert-OH is 5. The lowest BCUT2D eigenvalue weighted by atomic mass is 10.0. The molecule has 2 heterocycles. The molecule has 2 aliphatic heterocycles. The van der Waals surface area contributed by atoms with Crippen molar-refractivity contribution < 1.29 is 25.5 Å². The van der Waals surface area contributed by atoms with E-state index in [0.29, 0.717) is 0 Å². The van der Waals surface area contributed by atoms with E-state index in [1.807, 2.05) is 0 Å². The van der Waals surface area contributed by atoms with Crippen molar-refractivity contribution in [2.75, 3.05) is 13.2 Å². The summed E-state index contributed by atoms with van der Waals surface area (Å²) >= 11 is 0. The fraction of sp³-hybridized carbons (Fsp3) is 1.00. The Kier molecular flexibility index (Phi) is 2.50. The van der Waals surface area contributed by atoms with Crippen LogP contribution in [-0.4, -0.2) is 80.1 Å². The summed E-state index contributed by atoms with van der Waals surface area (Å²) in [7, 11) is 0. The summed E-state index contributed by atoms with van der Waals surface area (Å²) in [6.07, 6.45) is -4.15. The molecule has 0 aromatic heterocycles. The molecule has 0 saturated carbocycles. The van der Waals surface area contributed by atoms with Crippen LogP contribution < -0.4 is 0 Å². The number of hydrogen-bond donors (Lipinski definition) is 5. The van der Waals surface area contributed by atoms with Crippen molar-refractivity contribution >= 4 is 0 Å². The summed E-state index contributed by atoms with van der Waals surface area (Å²) in [5, 5.41) is 47.0. The van der Waals surface area contributed by atoms with Crippen LogP contribution >= 0.6 is 0 Å². The minimum Gasteiger partial charge on any atom is -0.395 e. The highest BCUT2D eigenvalue weighted by molar-refractivity contribution is 5.09. The molecule has 6 heteroatoms. The van der Waals surface area contributed by atoms with Crippen molar-refractivity contribution in [1.29, 1.82) is 0 Å². The average molecular weight is 205 g/mol. The van der Waals surface area contributed by atoms with E-state index >= 15 is 0 Å². The summed E-state index contributed by atoms with van der Waals surface area (Å²) in [6, 6.07) is -1.26. The number of rotatable bonds is 1. The maximum atomic E-state index is 9.58. The zero-order valence-corrected chi connectivity index (χ0v) is 7.56. The molecule has 2 saturated heterocycles. The van der Waals surface area contributed by atoms with E-state index in [2.05, 4.69) is 0 Å². The van der Waals surface area contributed by atoms with E-state index < -0.39 is 36.5 Å². The predicted molar refractivity (Wildman–Crippen MR) is 45.4 cm³/mol. The number of fused-ring (bicyclic) bond motifs is 1. The van der Waals surface area contributed by atoms with Crippen LogP contribution in [0.25, 0.3) is 0 Å². The molecule has 6 nitrogen and oxygen atoms in total. The molecule has 2 aliphatic rings. The van der Waals surface area contributed by atoms with E-state index in [9.17, 15) is 20.4 Å². The first kappa shape index (κ1) is 10.3. The molecule has 0 unspecified atom stereocenters. The fourth-order valence-corrected chi connectivity index (χ4v) is 2.46. The van der Waals surface area contributed by atoms with Gasteiger partial charge in [0, 0.05) is 6.54 Å². The third-order valence-electron chi connectivity index (χ3n) is 3.23. The summed E-state index contributed by atoms with van der Waals surface area (Å²) in [5.41, 5.74) is 0. The van der Waals surface area contributed by atoms with E-state index in [1.165, 1.54) is 0 Å². The lowest BCUT2D eigenvalue weighted by Gasteiger charge is -2.22. The Labute approximate surface area is 81.0 Å². The fourth-order valence-electron chi connectivity index (χ4n) is 2.46. The van der Waals surface area contributed by atoms with Crippen LogP contribution in [0.5, 0.6) is 0 Å². The highest BCUT2D eigenvalue weighted by Crippen LogP contribution is 2.33. The second-order valence-corrected chi connectivity index (χ2v) is 3.98. The molecular weight excluding hydrogens is 190 g/mol. The molecule has 0 aromatic carbocycles. The van der Waals surface area contributed by atoms with Crippen molar-refractivity contribution in [2.24, 2.45) is 0 Å². The Morgan fingerprint density at radius 2 is 1.64 bits per heavy atom. The summed E-state index contributed by atoms with van der Waals surface area (Å²) < 4.78 is 0. The summed E-state index contributed by atoms with van der Waals surface area (Å²) in [4.78, 5) is 1.56. The van der Waals surface area contributed by atoms with Gasteiger partial charge in [-0.2, -0.15) is 0 Å². The van der Waals surface area contributed by atoms with Crippen molar-refractivity contribution in [3.63, 3.8) is 0 Å². The van der Waals surface area contributed by atoms with Crippen molar-refractivity contribution in [3.05, 3.63) is 0 Å². The van der Waals surface area contributed by atoms with Gasteiger partial charge in [0.2, 0.25) is 0 Å². The normalized spacial score (nSPS) is 53.8. The highest BCUT2D eigenvalue weighted by Gasteiger charge is 2.56. The van der Waals surface area contributed by atoms with Gasteiger partial charge in [-0.25, -0.2) is 0 Å². The van der Waals surface area contributed by atoms with Crippen LogP contribution in [0.4, 0.5) is 0 Å². The molecule has 0 aliphatic carbocycles. The zero-order chi connectivity index (χ0) is 10.5. The quantitative estimate of drug-likeness (QED) is 0.304. The molecule has 0 radical (unpaired) electrons. The second kappa shape index (κ2) is 3.41. The van der Waals surface area contributed by atoms with E-state index in [0.717, 1.165) is 0 Å². The molecule has 0 spiro atoms. The van der Waals surface area contributed by atoms with Crippen LogP contribution in [0.2, 0.25) is 0 Å². The minimum absolute atomic E-state index is 0.172. The molecule has 82 valence electrons. The molecule has 2 fully saturated rings. The lowest BCUT2D eigenvalue weighted by molar-refractivity contribution is -0.0268. The molecular formula is C8H15NO5. The third kappa shape index (κ3) is 1.19. The number of aliphatic hydroxyl groups is 5. The highest BCUT2D eigenvalue weighted by atomic mass is 16.4. The van der Waals surface area contributed by atoms with Gasteiger partial charge in [-0.1, -0.05) is 0 Å². The predicted octanol–water partition coefficient (Wildman–Crippen LogP) is -3.51. The van der Waals surface area contributed by atoms with E-state index in [-0.39, 0.29) is 13.2 Å². The summed E-state index contributed by atoms with van der Waals surface area (Å²) in [6.45, 7) is -0.126. The van der Waals surface area contributed by atoms with Gasteiger partial charge in [0.1, 0.15) is 0 Å². The topological polar surface area (TPSA) is 104 Å². The van der Waals surface area contributed by atoms with Crippen LogP contribution in [0.15, 0.2) is 0 Å². The van der Waals surface area contributed by atoms with E-state index in [4.69, 9.17) is 5.11 Å². The molecule has 0 amide bonds. The minimum atomic E-state index is -1.11. The number of hydrogen-bond acceptors (Lipinski definition) is 6. The van der Waals surface area contributed by atoms with Gasteiger partial charge in [0.05, 0.1) is 43.1 Å². The molecule has 14 heavy (non-hydrogen) atoms. The average Bonchev–Trinajstić information content (AvgIpc) is 2.54. The van der Waals surface area contributed by atoms with Crippen LogP contribution in [0, 0.1) is 0 Å².